The molecule has 0 atom stereocenters. The highest BCUT2D eigenvalue weighted by Crippen LogP contribution is 2.23. The van der Waals surface area contributed by atoms with Crippen LogP contribution in [0.25, 0.3) is 5.13 Å². The summed E-state index contributed by atoms with van der Waals surface area (Å²) in [5.41, 5.74) is 6.96. The van der Waals surface area contributed by atoms with Crippen LogP contribution in [0, 0.1) is 27.7 Å². The number of thiazole rings is 1. The summed E-state index contributed by atoms with van der Waals surface area (Å²) in [7, 11) is 0. The van der Waals surface area contributed by atoms with Crippen molar-refractivity contribution in [2.45, 2.75) is 40.5 Å². The van der Waals surface area contributed by atoms with Gasteiger partial charge in [0.2, 0.25) is 11.0 Å². The second kappa shape index (κ2) is 7.88. The molecule has 1 N–H and O–H groups in total. The summed E-state index contributed by atoms with van der Waals surface area (Å²) >= 11 is 1.50. The predicted octanol–water partition coefficient (Wildman–Crippen LogP) is 4.47. The quantitative estimate of drug-likeness (QED) is 0.642. The van der Waals surface area contributed by atoms with Gasteiger partial charge in [-0.05, 0) is 45.2 Å². The maximum Gasteiger partial charge on any atom is 0.230 e. The number of allylic oxidation sites excluding steroid dienone is 1. The van der Waals surface area contributed by atoms with E-state index >= 15 is 0 Å². The van der Waals surface area contributed by atoms with Crippen LogP contribution in [0.4, 0.5) is 5.69 Å². The molecule has 3 aromatic rings. The summed E-state index contributed by atoms with van der Waals surface area (Å²) in [6.07, 6.45) is 2.91. The molecule has 0 fully saturated rings. The van der Waals surface area contributed by atoms with E-state index in [1.807, 2.05) is 62.0 Å². The van der Waals surface area contributed by atoms with Gasteiger partial charge in [0.25, 0.3) is 0 Å². The summed E-state index contributed by atoms with van der Waals surface area (Å²) in [5, 5.41) is 10.3. The standard InChI is InChI=1S/C21H24N4OS/c1-6-8-18-15(4)24-25(16(18)5)21-22-17(12-27-21)11-19(26)23-20-13(2)9-7-10-14(20)3/h6-7,9-10,12H,1,8,11H2,2-5H3,(H,23,26). The number of carbonyl (C=O) groups is 1. The number of rotatable bonds is 6. The molecular weight excluding hydrogens is 356 g/mol. The van der Waals surface area contributed by atoms with Crippen LogP contribution >= 0.6 is 11.3 Å². The van der Waals surface area contributed by atoms with Crippen molar-refractivity contribution in [3.05, 3.63) is 70.0 Å². The van der Waals surface area contributed by atoms with Crippen molar-refractivity contribution in [2.75, 3.05) is 5.32 Å². The number of nitrogens with zero attached hydrogens (tertiary/aromatic N) is 3. The Morgan fingerprint density at radius 2 is 1.96 bits per heavy atom. The Morgan fingerprint density at radius 1 is 1.26 bits per heavy atom. The second-order valence-electron chi connectivity index (χ2n) is 6.67. The number of hydrogen-bond acceptors (Lipinski definition) is 4. The van der Waals surface area contributed by atoms with Crippen molar-refractivity contribution in [3.8, 4) is 5.13 Å². The zero-order chi connectivity index (χ0) is 19.6. The van der Waals surface area contributed by atoms with E-state index in [-0.39, 0.29) is 12.3 Å². The molecule has 0 aliphatic carbocycles. The lowest BCUT2D eigenvalue weighted by Crippen LogP contribution is -2.16. The van der Waals surface area contributed by atoms with E-state index < -0.39 is 0 Å². The van der Waals surface area contributed by atoms with Crippen LogP contribution in [-0.4, -0.2) is 20.7 Å². The first kappa shape index (κ1) is 19.0. The first-order valence-corrected chi connectivity index (χ1v) is 9.75. The third-order valence-electron chi connectivity index (χ3n) is 4.60. The second-order valence-corrected chi connectivity index (χ2v) is 7.50. The van der Waals surface area contributed by atoms with Gasteiger partial charge >= 0.3 is 0 Å². The molecule has 0 aliphatic heterocycles. The van der Waals surface area contributed by atoms with Gasteiger partial charge in [0.15, 0.2) is 0 Å². The van der Waals surface area contributed by atoms with Crippen molar-refractivity contribution in [2.24, 2.45) is 0 Å². The summed E-state index contributed by atoms with van der Waals surface area (Å²) in [6.45, 7) is 11.8. The molecule has 0 spiro atoms. The average Bonchev–Trinajstić information content (AvgIpc) is 3.18. The van der Waals surface area contributed by atoms with Gasteiger partial charge in [-0.1, -0.05) is 24.3 Å². The van der Waals surface area contributed by atoms with Crippen LogP contribution < -0.4 is 5.32 Å². The summed E-state index contributed by atoms with van der Waals surface area (Å²) < 4.78 is 1.85. The van der Waals surface area contributed by atoms with Gasteiger partial charge in [0.1, 0.15) is 0 Å². The topological polar surface area (TPSA) is 59.8 Å². The zero-order valence-corrected chi connectivity index (χ0v) is 17.0. The van der Waals surface area contributed by atoms with E-state index in [2.05, 4.69) is 22.0 Å². The molecule has 1 aromatic carbocycles. The fraction of sp³-hybridized carbons (Fsp3) is 0.286. The van der Waals surface area contributed by atoms with Gasteiger partial charge < -0.3 is 5.32 Å². The molecule has 2 heterocycles. The van der Waals surface area contributed by atoms with Crippen molar-refractivity contribution in [1.29, 1.82) is 0 Å². The van der Waals surface area contributed by atoms with Gasteiger partial charge in [-0.15, -0.1) is 17.9 Å². The van der Waals surface area contributed by atoms with Gasteiger partial charge in [0, 0.05) is 22.3 Å². The zero-order valence-electron chi connectivity index (χ0n) is 16.2. The Hall–Kier alpha value is -2.73. The van der Waals surface area contributed by atoms with Crippen LogP contribution in [0.3, 0.4) is 0 Å². The van der Waals surface area contributed by atoms with Crippen LogP contribution in [0.15, 0.2) is 36.2 Å². The fourth-order valence-corrected chi connectivity index (χ4v) is 3.96. The molecule has 3 rings (SSSR count). The molecule has 0 saturated carbocycles. The minimum absolute atomic E-state index is 0.0648. The molecule has 1 amide bonds. The lowest BCUT2D eigenvalue weighted by Gasteiger charge is -2.10. The van der Waals surface area contributed by atoms with Crippen LogP contribution in [0.1, 0.15) is 33.8 Å². The van der Waals surface area contributed by atoms with Gasteiger partial charge in [-0.2, -0.15) is 5.10 Å². The maximum atomic E-state index is 12.5. The number of nitrogens with one attached hydrogen (secondary N) is 1. The summed E-state index contributed by atoms with van der Waals surface area (Å²) in [4.78, 5) is 17.1. The molecule has 0 aliphatic rings. The maximum absolute atomic E-state index is 12.5. The highest BCUT2D eigenvalue weighted by molar-refractivity contribution is 7.12. The van der Waals surface area contributed by atoms with Crippen molar-refractivity contribution in [1.82, 2.24) is 14.8 Å². The lowest BCUT2D eigenvalue weighted by atomic mass is 10.1. The Balaban J connectivity index is 1.76. The molecule has 27 heavy (non-hydrogen) atoms. The number of carbonyl (C=O) groups excluding carboxylic acids is 1. The molecular formula is C21H24N4OS. The molecule has 2 aromatic heterocycles. The van der Waals surface area contributed by atoms with E-state index in [0.29, 0.717) is 0 Å². The SMILES string of the molecule is C=CCc1c(C)nn(-c2nc(CC(=O)Nc3c(C)cccc3C)cs2)c1C. The highest BCUT2D eigenvalue weighted by atomic mass is 32.1. The van der Waals surface area contributed by atoms with Crippen LogP contribution in [0.2, 0.25) is 0 Å². The number of amides is 1. The van der Waals surface area contributed by atoms with Crippen molar-refractivity contribution in [3.63, 3.8) is 0 Å². The van der Waals surface area contributed by atoms with Gasteiger partial charge in [-0.25, -0.2) is 9.67 Å². The van der Waals surface area contributed by atoms with Gasteiger partial charge in [-0.3, -0.25) is 4.79 Å². The molecule has 0 radical (unpaired) electrons. The average molecular weight is 381 g/mol. The highest BCUT2D eigenvalue weighted by Gasteiger charge is 2.16. The van der Waals surface area contributed by atoms with E-state index in [0.717, 1.165) is 45.4 Å². The number of benzene rings is 1. The molecule has 6 heteroatoms. The number of aryl methyl sites for hydroxylation is 3. The van der Waals surface area contributed by atoms with Gasteiger partial charge in [0.05, 0.1) is 17.8 Å². The van der Waals surface area contributed by atoms with E-state index in [1.165, 1.54) is 16.9 Å². The molecule has 0 saturated heterocycles. The normalized spacial score (nSPS) is 10.8. The first-order valence-electron chi connectivity index (χ1n) is 8.87. The predicted molar refractivity (Wildman–Crippen MR) is 111 cm³/mol. The third kappa shape index (κ3) is 4.01. The minimum Gasteiger partial charge on any atom is -0.325 e. The van der Waals surface area contributed by atoms with E-state index in [9.17, 15) is 4.79 Å². The Bertz CT molecular complexity index is 980. The Kier molecular flexibility index (Phi) is 5.56. The molecule has 0 unspecified atom stereocenters. The smallest absolute Gasteiger partial charge is 0.230 e. The number of para-hydroxylation sites is 1. The van der Waals surface area contributed by atoms with Crippen molar-refractivity contribution < 1.29 is 4.79 Å². The van der Waals surface area contributed by atoms with Crippen LogP contribution in [-0.2, 0) is 17.6 Å². The number of aromatic nitrogens is 3. The fourth-order valence-electron chi connectivity index (χ4n) is 3.14. The van der Waals surface area contributed by atoms with Crippen molar-refractivity contribution >= 4 is 22.9 Å². The number of hydrogen-bond donors (Lipinski definition) is 1. The summed E-state index contributed by atoms with van der Waals surface area (Å²) in [5.74, 6) is -0.0648. The minimum atomic E-state index is -0.0648. The Labute approximate surface area is 163 Å². The monoisotopic (exact) mass is 380 g/mol. The van der Waals surface area contributed by atoms with Crippen LogP contribution in [0.5, 0.6) is 0 Å². The molecule has 5 nitrogen and oxygen atoms in total. The Morgan fingerprint density at radius 3 is 2.63 bits per heavy atom. The summed E-state index contributed by atoms with van der Waals surface area (Å²) in [6, 6.07) is 5.97. The third-order valence-corrected chi connectivity index (χ3v) is 5.46. The largest absolute Gasteiger partial charge is 0.325 e. The van der Waals surface area contributed by atoms with E-state index in [1.54, 1.807) is 0 Å². The number of anilines is 1. The lowest BCUT2D eigenvalue weighted by molar-refractivity contribution is -0.115. The van der Waals surface area contributed by atoms with E-state index in [4.69, 9.17) is 0 Å². The molecule has 140 valence electrons. The molecule has 0 bridgehead atoms. The first-order chi connectivity index (χ1) is 12.9.